The average molecular weight is 272 g/mol. The Hall–Kier alpha value is -0.900. The first kappa shape index (κ1) is 11.6. The number of benzene rings is 1. The van der Waals surface area contributed by atoms with Crippen LogP contribution in [0.1, 0.15) is 21.1 Å². The number of aldehydes is 1. The summed E-state index contributed by atoms with van der Waals surface area (Å²) in [6, 6.07) is 5.49. The van der Waals surface area contributed by atoms with Crippen LogP contribution in [0.5, 0.6) is 0 Å². The van der Waals surface area contributed by atoms with E-state index in [1.807, 2.05) is 12.1 Å². The van der Waals surface area contributed by atoms with Gasteiger partial charge in [-0.2, -0.15) is 0 Å². The molecule has 0 saturated carbocycles. The molecule has 0 spiro atoms. The van der Waals surface area contributed by atoms with Gasteiger partial charge in [0, 0.05) is 11.8 Å². The molecule has 82 valence electrons. The third-order valence-electron chi connectivity index (χ3n) is 2.06. The molecule has 0 saturated heterocycles. The quantitative estimate of drug-likeness (QED) is 0.794. The van der Waals surface area contributed by atoms with E-state index in [4.69, 9.17) is 23.2 Å². The van der Waals surface area contributed by atoms with Crippen LogP contribution in [-0.4, -0.2) is 11.3 Å². The zero-order valence-electron chi connectivity index (χ0n) is 8.11. The molecule has 1 aromatic carbocycles. The lowest BCUT2D eigenvalue weighted by atomic mass is 10.1. The Balaban J connectivity index is 2.26. The molecule has 0 unspecified atom stereocenters. The van der Waals surface area contributed by atoms with Gasteiger partial charge >= 0.3 is 0 Å². The van der Waals surface area contributed by atoms with Gasteiger partial charge in [0.05, 0.1) is 15.1 Å². The van der Waals surface area contributed by atoms with E-state index in [9.17, 15) is 4.79 Å². The Morgan fingerprint density at radius 1 is 1.38 bits per heavy atom. The van der Waals surface area contributed by atoms with Crippen LogP contribution < -0.4 is 0 Å². The lowest BCUT2D eigenvalue weighted by Crippen LogP contribution is -1.90. The molecular weight excluding hydrogens is 265 g/mol. The molecular formula is C11H7Cl2NOS. The first-order valence-corrected chi connectivity index (χ1v) is 6.16. The topological polar surface area (TPSA) is 30.0 Å². The molecule has 1 aromatic heterocycles. The van der Waals surface area contributed by atoms with E-state index in [1.54, 1.807) is 11.4 Å². The van der Waals surface area contributed by atoms with Gasteiger partial charge in [0.1, 0.15) is 5.69 Å². The number of rotatable bonds is 3. The van der Waals surface area contributed by atoms with Crippen molar-refractivity contribution in [3.8, 4) is 0 Å². The summed E-state index contributed by atoms with van der Waals surface area (Å²) >= 11 is 13.4. The van der Waals surface area contributed by atoms with Gasteiger partial charge in [0.15, 0.2) is 6.29 Å². The van der Waals surface area contributed by atoms with E-state index in [2.05, 4.69) is 4.98 Å². The highest BCUT2D eigenvalue weighted by Gasteiger charge is 2.07. The molecule has 0 aliphatic carbocycles. The van der Waals surface area contributed by atoms with Crippen LogP contribution in [0.2, 0.25) is 10.0 Å². The number of halogens is 2. The number of aromatic nitrogens is 1. The lowest BCUT2D eigenvalue weighted by Gasteiger charge is -2.02. The summed E-state index contributed by atoms with van der Waals surface area (Å²) < 4.78 is 0. The molecule has 0 aliphatic rings. The fourth-order valence-corrected chi connectivity index (χ4v) is 2.46. The first-order chi connectivity index (χ1) is 7.70. The predicted molar refractivity (Wildman–Crippen MR) is 66.8 cm³/mol. The lowest BCUT2D eigenvalue weighted by molar-refractivity contribution is 0.111. The Morgan fingerprint density at radius 3 is 2.88 bits per heavy atom. The van der Waals surface area contributed by atoms with E-state index in [1.165, 1.54) is 11.3 Å². The van der Waals surface area contributed by atoms with Gasteiger partial charge in [-0.1, -0.05) is 35.3 Å². The van der Waals surface area contributed by atoms with Crippen molar-refractivity contribution in [3.05, 3.63) is 49.9 Å². The summed E-state index contributed by atoms with van der Waals surface area (Å²) in [5, 5.41) is 3.66. The summed E-state index contributed by atoms with van der Waals surface area (Å²) in [5.74, 6) is 0. The van der Waals surface area contributed by atoms with Crippen LogP contribution in [0.25, 0.3) is 0 Å². The molecule has 0 bridgehead atoms. The van der Waals surface area contributed by atoms with Crippen LogP contribution in [0.3, 0.4) is 0 Å². The molecule has 2 aromatic rings. The number of carbonyl (C=O) groups excluding carboxylic acids is 1. The first-order valence-electron chi connectivity index (χ1n) is 4.53. The molecule has 1 heterocycles. The minimum Gasteiger partial charge on any atom is -0.296 e. The van der Waals surface area contributed by atoms with E-state index < -0.39 is 0 Å². The summed E-state index contributed by atoms with van der Waals surface area (Å²) in [4.78, 5) is 14.6. The second-order valence-electron chi connectivity index (χ2n) is 3.17. The molecule has 16 heavy (non-hydrogen) atoms. The van der Waals surface area contributed by atoms with Gasteiger partial charge in [0.25, 0.3) is 0 Å². The maximum atomic E-state index is 10.5. The zero-order valence-corrected chi connectivity index (χ0v) is 10.4. The van der Waals surface area contributed by atoms with Crippen molar-refractivity contribution in [2.24, 2.45) is 0 Å². The van der Waals surface area contributed by atoms with Crippen molar-refractivity contribution in [2.75, 3.05) is 0 Å². The molecule has 0 amide bonds. The van der Waals surface area contributed by atoms with Crippen molar-refractivity contribution >= 4 is 40.8 Å². The summed E-state index contributed by atoms with van der Waals surface area (Å²) in [6.45, 7) is 0. The third-order valence-corrected chi connectivity index (χ3v) is 3.79. The molecule has 0 radical (unpaired) electrons. The van der Waals surface area contributed by atoms with Crippen LogP contribution in [0.4, 0.5) is 0 Å². The maximum Gasteiger partial charge on any atom is 0.169 e. The molecule has 0 atom stereocenters. The molecule has 0 N–H and O–H groups in total. The average Bonchev–Trinajstić information content (AvgIpc) is 2.73. The molecule has 0 fully saturated rings. The van der Waals surface area contributed by atoms with Gasteiger partial charge in [-0.15, -0.1) is 11.3 Å². The standard InChI is InChI=1S/C11H7Cl2NOS/c12-9-3-1-2-7(11(9)13)4-10-14-8(5-15)6-16-10/h1-3,5-6H,4H2. The minimum atomic E-state index is 0.457. The normalized spacial score (nSPS) is 10.4. The Morgan fingerprint density at radius 2 is 2.19 bits per heavy atom. The fourth-order valence-electron chi connectivity index (χ4n) is 1.31. The van der Waals surface area contributed by atoms with E-state index >= 15 is 0 Å². The number of nitrogens with zero attached hydrogens (tertiary/aromatic N) is 1. The minimum absolute atomic E-state index is 0.457. The van der Waals surface area contributed by atoms with Gasteiger partial charge < -0.3 is 0 Å². The predicted octanol–water partition coefficient (Wildman–Crippen LogP) is 3.85. The van der Waals surface area contributed by atoms with Crippen molar-refractivity contribution in [1.29, 1.82) is 0 Å². The fraction of sp³-hybridized carbons (Fsp3) is 0.0909. The highest BCUT2D eigenvalue weighted by molar-refractivity contribution is 7.09. The maximum absolute atomic E-state index is 10.5. The van der Waals surface area contributed by atoms with Crippen molar-refractivity contribution in [1.82, 2.24) is 4.98 Å². The molecule has 5 heteroatoms. The van der Waals surface area contributed by atoms with Crippen LogP contribution in [0.15, 0.2) is 23.6 Å². The Labute approximate surface area is 107 Å². The molecule has 0 aliphatic heterocycles. The number of carbonyl (C=O) groups is 1. The van der Waals surface area contributed by atoms with Crippen molar-refractivity contribution < 1.29 is 4.79 Å². The number of hydrogen-bond acceptors (Lipinski definition) is 3. The van der Waals surface area contributed by atoms with Gasteiger partial charge in [0.2, 0.25) is 0 Å². The van der Waals surface area contributed by atoms with Crippen molar-refractivity contribution in [3.63, 3.8) is 0 Å². The van der Waals surface area contributed by atoms with Gasteiger partial charge in [-0.25, -0.2) is 4.98 Å². The van der Waals surface area contributed by atoms with Crippen molar-refractivity contribution in [2.45, 2.75) is 6.42 Å². The highest BCUT2D eigenvalue weighted by Crippen LogP contribution is 2.27. The van der Waals surface area contributed by atoms with Crippen LogP contribution in [0, 0.1) is 0 Å². The summed E-state index contributed by atoms with van der Waals surface area (Å²) in [7, 11) is 0. The SMILES string of the molecule is O=Cc1csc(Cc2cccc(Cl)c2Cl)n1. The second-order valence-corrected chi connectivity index (χ2v) is 4.90. The Kier molecular flexibility index (Phi) is 3.59. The number of hydrogen-bond donors (Lipinski definition) is 0. The number of thiazole rings is 1. The highest BCUT2D eigenvalue weighted by atomic mass is 35.5. The van der Waals surface area contributed by atoms with E-state index in [-0.39, 0.29) is 0 Å². The Bertz CT molecular complexity index is 524. The van der Waals surface area contributed by atoms with E-state index in [0.29, 0.717) is 22.2 Å². The second kappa shape index (κ2) is 4.95. The van der Waals surface area contributed by atoms with Gasteiger partial charge in [-0.05, 0) is 11.6 Å². The smallest absolute Gasteiger partial charge is 0.169 e. The third kappa shape index (κ3) is 2.43. The molecule has 2 nitrogen and oxygen atoms in total. The monoisotopic (exact) mass is 271 g/mol. The van der Waals surface area contributed by atoms with Crippen LogP contribution >= 0.6 is 34.5 Å². The zero-order chi connectivity index (χ0) is 11.5. The summed E-state index contributed by atoms with van der Waals surface area (Å²) in [5.41, 5.74) is 1.37. The van der Waals surface area contributed by atoms with Crippen LogP contribution in [-0.2, 0) is 6.42 Å². The molecule has 2 rings (SSSR count). The van der Waals surface area contributed by atoms with Gasteiger partial charge in [-0.3, -0.25) is 4.79 Å². The summed E-state index contributed by atoms with van der Waals surface area (Å²) in [6.07, 6.45) is 1.33. The van der Waals surface area contributed by atoms with E-state index in [0.717, 1.165) is 16.9 Å². The largest absolute Gasteiger partial charge is 0.296 e.